The Hall–Kier alpha value is -2.08. The molecule has 1 amide bonds. The summed E-state index contributed by atoms with van der Waals surface area (Å²) in [6, 6.07) is 4.82. The second-order valence-electron chi connectivity index (χ2n) is 4.51. The van der Waals surface area contributed by atoms with Crippen molar-refractivity contribution < 1.29 is 18.8 Å². The summed E-state index contributed by atoms with van der Waals surface area (Å²) >= 11 is 0. The van der Waals surface area contributed by atoms with Gasteiger partial charge in [0.2, 0.25) is 5.76 Å². The molecule has 2 rings (SSSR count). The number of nitrogens with one attached hydrogen (secondary N) is 1. The molecule has 0 aromatic carbocycles. The number of rotatable bonds is 5. The van der Waals surface area contributed by atoms with Crippen LogP contribution >= 0.6 is 0 Å². The molecule has 0 spiro atoms. The largest absolute Gasteiger partial charge is 0.461 e. The summed E-state index contributed by atoms with van der Waals surface area (Å²) in [7, 11) is 0. The Morgan fingerprint density at radius 2 is 2.26 bits per heavy atom. The van der Waals surface area contributed by atoms with Gasteiger partial charge in [-0.3, -0.25) is 4.79 Å². The Morgan fingerprint density at radius 1 is 1.47 bits per heavy atom. The van der Waals surface area contributed by atoms with Crippen molar-refractivity contribution in [2.24, 2.45) is 0 Å². The zero-order valence-corrected chi connectivity index (χ0v) is 10.8. The molecule has 0 aliphatic carbocycles. The number of hydrogen-bond acceptors (Lipinski definition) is 5. The number of nitrogens with zero attached hydrogens (tertiary/aromatic N) is 1. The number of carbonyl (C=O) groups excluding carboxylic acids is 1. The van der Waals surface area contributed by atoms with E-state index < -0.39 is 6.10 Å². The van der Waals surface area contributed by atoms with E-state index in [1.54, 1.807) is 19.1 Å². The van der Waals surface area contributed by atoms with Crippen molar-refractivity contribution in [2.45, 2.75) is 32.4 Å². The number of amides is 1. The van der Waals surface area contributed by atoms with Crippen molar-refractivity contribution in [1.82, 2.24) is 10.5 Å². The lowest BCUT2D eigenvalue weighted by Crippen LogP contribution is -2.34. The van der Waals surface area contributed by atoms with E-state index in [2.05, 4.69) is 10.5 Å². The maximum Gasteiger partial charge on any atom is 0.273 e. The summed E-state index contributed by atoms with van der Waals surface area (Å²) in [5, 5.41) is 15.7. The predicted octanol–water partition coefficient (Wildman–Crippen LogP) is 1.82. The summed E-state index contributed by atoms with van der Waals surface area (Å²) < 4.78 is 10.2. The fraction of sp³-hybridized carbons (Fsp3) is 0.385. The van der Waals surface area contributed by atoms with Gasteiger partial charge in [-0.25, -0.2) is 0 Å². The van der Waals surface area contributed by atoms with E-state index >= 15 is 0 Å². The van der Waals surface area contributed by atoms with E-state index in [1.165, 1.54) is 12.3 Å². The molecule has 0 aliphatic rings. The van der Waals surface area contributed by atoms with Gasteiger partial charge in [-0.15, -0.1) is 0 Å². The van der Waals surface area contributed by atoms with Crippen molar-refractivity contribution >= 4 is 5.91 Å². The summed E-state index contributed by atoms with van der Waals surface area (Å²) in [5.74, 6) is 0.580. The van der Waals surface area contributed by atoms with Crippen LogP contribution in [0.5, 0.6) is 0 Å². The molecule has 2 unspecified atom stereocenters. The molecular formula is C13H16N2O4. The highest BCUT2D eigenvalue weighted by atomic mass is 16.5. The van der Waals surface area contributed by atoms with Crippen LogP contribution in [0.3, 0.4) is 0 Å². The maximum atomic E-state index is 11.9. The molecule has 0 saturated carbocycles. The second kappa shape index (κ2) is 5.71. The molecule has 2 N–H and O–H groups in total. The van der Waals surface area contributed by atoms with Crippen LogP contribution in [-0.4, -0.2) is 28.3 Å². The minimum absolute atomic E-state index is 0.142. The van der Waals surface area contributed by atoms with Gasteiger partial charge in [-0.05, 0) is 32.4 Å². The van der Waals surface area contributed by atoms with Crippen molar-refractivity contribution in [3.63, 3.8) is 0 Å². The first kappa shape index (κ1) is 13.4. The van der Waals surface area contributed by atoms with E-state index in [0.717, 1.165) is 0 Å². The highest BCUT2D eigenvalue weighted by Gasteiger charge is 2.17. The highest BCUT2D eigenvalue weighted by Crippen LogP contribution is 2.20. The number of hydrogen-bond donors (Lipinski definition) is 2. The first-order valence-electron chi connectivity index (χ1n) is 6.06. The standard InChI is InChI=1S/C13H16N2O4/c1-8(6-9(2)16)14-13(17)10-7-12(19-15-10)11-4-3-5-18-11/h3-5,7-9,16H,6H2,1-2H3,(H,14,17). The van der Waals surface area contributed by atoms with Crippen LogP contribution in [0.1, 0.15) is 30.8 Å². The van der Waals surface area contributed by atoms with E-state index in [9.17, 15) is 9.90 Å². The molecular weight excluding hydrogens is 248 g/mol. The predicted molar refractivity (Wildman–Crippen MR) is 67.4 cm³/mol. The van der Waals surface area contributed by atoms with E-state index in [-0.39, 0.29) is 17.6 Å². The number of aliphatic hydroxyl groups excluding tert-OH is 1. The third kappa shape index (κ3) is 3.45. The maximum absolute atomic E-state index is 11.9. The molecule has 2 heterocycles. The highest BCUT2D eigenvalue weighted by molar-refractivity contribution is 5.93. The average Bonchev–Trinajstić information content (AvgIpc) is 2.99. The first-order chi connectivity index (χ1) is 9.06. The molecule has 0 fully saturated rings. The third-order valence-corrected chi connectivity index (χ3v) is 2.58. The van der Waals surface area contributed by atoms with E-state index in [1.807, 2.05) is 6.92 Å². The molecule has 0 bridgehead atoms. The smallest absolute Gasteiger partial charge is 0.273 e. The molecule has 0 radical (unpaired) electrons. The topological polar surface area (TPSA) is 88.5 Å². The Kier molecular flexibility index (Phi) is 4.01. The van der Waals surface area contributed by atoms with Gasteiger partial charge in [0.1, 0.15) is 0 Å². The van der Waals surface area contributed by atoms with Crippen molar-refractivity contribution in [3.05, 3.63) is 30.2 Å². The monoisotopic (exact) mass is 264 g/mol. The summed E-state index contributed by atoms with van der Waals surface area (Å²) in [6.07, 6.45) is 1.53. The van der Waals surface area contributed by atoms with Crippen LogP contribution in [0.15, 0.2) is 33.4 Å². The van der Waals surface area contributed by atoms with Crippen LogP contribution in [0.4, 0.5) is 0 Å². The van der Waals surface area contributed by atoms with Gasteiger partial charge in [-0.2, -0.15) is 0 Å². The van der Waals surface area contributed by atoms with Crippen LogP contribution in [-0.2, 0) is 0 Å². The van der Waals surface area contributed by atoms with Gasteiger partial charge in [-0.1, -0.05) is 5.16 Å². The van der Waals surface area contributed by atoms with Crippen LogP contribution in [0.2, 0.25) is 0 Å². The fourth-order valence-corrected chi connectivity index (χ4v) is 1.79. The lowest BCUT2D eigenvalue weighted by atomic mass is 10.1. The van der Waals surface area contributed by atoms with Gasteiger partial charge in [0, 0.05) is 12.1 Å². The minimum Gasteiger partial charge on any atom is -0.461 e. The quantitative estimate of drug-likeness (QED) is 0.860. The Morgan fingerprint density at radius 3 is 2.89 bits per heavy atom. The van der Waals surface area contributed by atoms with Crippen molar-refractivity contribution in [1.29, 1.82) is 0 Å². The third-order valence-electron chi connectivity index (χ3n) is 2.58. The lowest BCUT2D eigenvalue weighted by Gasteiger charge is -2.13. The number of furan rings is 1. The summed E-state index contributed by atoms with van der Waals surface area (Å²) in [6.45, 7) is 3.49. The normalized spacial score (nSPS) is 14.1. The van der Waals surface area contributed by atoms with Crippen LogP contribution in [0.25, 0.3) is 11.5 Å². The van der Waals surface area contributed by atoms with E-state index in [4.69, 9.17) is 8.94 Å². The number of carbonyl (C=O) groups is 1. The van der Waals surface area contributed by atoms with Gasteiger partial charge >= 0.3 is 0 Å². The number of aromatic nitrogens is 1. The lowest BCUT2D eigenvalue weighted by molar-refractivity contribution is 0.0914. The Bertz CT molecular complexity index is 531. The zero-order valence-electron chi connectivity index (χ0n) is 10.8. The second-order valence-corrected chi connectivity index (χ2v) is 4.51. The zero-order chi connectivity index (χ0) is 13.8. The Balaban J connectivity index is 2.00. The van der Waals surface area contributed by atoms with Crippen LogP contribution < -0.4 is 5.32 Å². The van der Waals surface area contributed by atoms with Gasteiger partial charge in [0.05, 0.1) is 12.4 Å². The molecule has 0 aliphatic heterocycles. The molecule has 0 saturated heterocycles. The van der Waals surface area contributed by atoms with Gasteiger partial charge in [0.15, 0.2) is 11.5 Å². The molecule has 6 nitrogen and oxygen atoms in total. The van der Waals surface area contributed by atoms with Crippen molar-refractivity contribution in [2.75, 3.05) is 0 Å². The molecule has 2 aromatic rings. The molecule has 6 heteroatoms. The summed E-state index contributed by atoms with van der Waals surface area (Å²) in [4.78, 5) is 11.9. The summed E-state index contributed by atoms with van der Waals surface area (Å²) in [5.41, 5.74) is 0.184. The average molecular weight is 264 g/mol. The number of aliphatic hydroxyl groups is 1. The molecule has 2 atom stereocenters. The Labute approximate surface area is 110 Å². The molecule has 2 aromatic heterocycles. The minimum atomic E-state index is -0.466. The van der Waals surface area contributed by atoms with Gasteiger partial charge < -0.3 is 19.4 Å². The van der Waals surface area contributed by atoms with Gasteiger partial charge in [0.25, 0.3) is 5.91 Å². The molecule has 19 heavy (non-hydrogen) atoms. The SMILES string of the molecule is CC(O)CC(C)NC(=O)c1cc(-c2ccco2)on1. The van der Waals surface area contributed by atoms with E-state index in [0.29, 0.717) is 17.9 Å². The fourth-order valence-electron chi connectivity index (χ4n) is 1.79. The van der Waals surface area contributed by atoms with Crippen molar-refractivity contribution in [3.8, 4) is 11.5 Å². The first-order valence-corrected chi connectivity index (χ1v) is 6.06. The van der Waals surface area contributed by atoms with Crippen LogP contribution in [0, 0.1) is 0 Å². The molecule has 102 valence electrons.